The van der Waals surface area contributed by atoms with Crippen LogP contribution < -0.4 is 0 Å². The summed E-state index contributed by atoms with van der Waals surface area (Å²) in [4.78, 5) is 16.3. The lowest BCUT2D eigenvalue weighted by atomic mass is 10.0. The van der Waals surface area contributed by atoms with Gasteiger partial charge in [-0.15, -0.1) is 0 Å². The summed E-state index contributed by atoms with van der Waals surface area (Å²) in [6, 6.07) is 4.40. The number of amides is 1. The Morgan fingerprint density at radius 2 is 2.12 bits per heavy atom. The number of hydrogen-bond acceptors (Lipinski definition) is 4. The molecule has 128 valence electrons. The fraction of sp³-hybridized carbons (Fsp3) is 0.500. The summed E-state index contributed by atoms with van der Waals surface area (Å²) in [6.07, 6.45) is -4.65. The van der Waals surface area contributed by atoms with E-state index in [0.717, 1.165) is 24.7 Å². The van der Waals surface area contributed by atoms with E-state index in [2.05, 4.69) is 4.90 Å². The number of morpholine rings is 1. The predicted octanol–water partition coefficient (Wildman–Crippen LogP) is 1.73. The first-order valence-corrected chi connectivity index (χ1v) is 7.53. The van der Waals surface area contributed by atoms with Crippen molar-refractivity contribution in [2.24, 2.45) is 0 Å². The molecule has 0 aromatic heterocycles. The maximum Gasteiger partial charge on any atom is 0.416 e. The highest BCUT2D eigenvalue weighted by atomic mass is 19.4. The van der Waals surface area contributed by atoms with Crippen LogP contribution in [-0.4, -0.2) is 61.1 Å². The Morgan fingerprint density at radius 1 is 1.38 bits per heavy atom. The van der Waals surface area contributed by atoms with E-state index < -0.39 is 17.6 Å². The Bertz CT molecular complexity index is 699. The second kappa shape index (κ2) is 6.07. The molecule has 2 fully saturated rings. The number of alkyl halides is 3. The number of nitriles is 1. The van der Waals surface area contributed by atoms with Crippen molar-refractivity contribution < 1.29 is 22.7 Å². The van der Waals surface area contributed by atoms with E-state index in [4.69, 9.17) is 10.00 Å². The third-order valence-electron chi connectivity index (χ3n) is 4.56. The van der Waals surface area contributed by atoms with Gasteiger partial charge in [0.1, 0.15) is 0 Å². The molecular formula is C16H16F3N3O2. The Hall–Kier alpha value is -2.11. The number of rotatable bonds is 1. The quantitative estimate of drug-likeness (QED) is 0.782. The van der Waals surface area contributed by atoms with Crippen LogP contribution >= 0.6 is 0 Å². The molecule has 8 heteroatoms. The molecule has 1 aromatic rings. The maximum atomic E-state index is 12.8. The largest absolute Gasteiger partial charge is 0.416 e. The second-order valence-electron chi connectivity index (χ2n) is 6.04. The zero-order valence-corrected chi connectivity index (χ0v) is 13.0. The fourth-order valence-corrected chi connectivity index (χ4v) is 3.19. The number of likely N-dealkylation sites (tertiary alicyclic amines) is 1. The van der Waals surface area contributed by atoms with E-state index in [-0.39, 0.29) is 23.3 Å². The highest BCUT2D eigenvalue weighted by Gasteiger charge is 2.41. The van der Waals surface area contributed by atoms with Crippen LogP contribution in [0.4, 0.5) is 13.2 Å². The van der Waals surface area contributed by atoms with Gasteiger partial charge < -0.3 is 9.64 Å². The molecule has 0 unspecified atom stereocenters. The number of carbonyl (C=O) groups is 1. The number of halogens is 3. The van der Waals surface area contributed by atoms with Gasteiger partial charge in [-0.25, -0.2) is 0 Å². The van der Waals surface area contributed by atoms with Gasteiger partial charge in [-0.1, -0.05) is 0 Å². The van der Waals surface area contributed by atoms with Crippen molar-refractivity contribution in [1.29, 1.82) is 5.26 Å². The highest BCUT2D eigenvalue weighted by molar-refractivity contribution is 5.97. The monoisotopic (exact) mass is 339 g/mol. The summed E-state index contributed by atoms with van der Waals surface area (Å²) in [5.41, 5.74) is -1.21. The molecular weight excluding hydrogens is 323 g/mol. The first-order chi connectivity index (χ1) is 11.3. The molecule has 2 aliphatic rings. The van der Waals surface area contributed by atoms with Gasteiger partial charge in [0.25, 0.3) is 5.91 Å². The van der Waals surface area contributed by atoms with Gasteiger partial charge in [0.05, 0.1) is 41.5 Å². The zero-order chi connectivity index (χ0) is 17.5. The number of benzene rings is 1. The molecule has 0 saturated carbocycles. The summed E-state index contributed by atoms with van der Waals surface area (Å²) in [5.74, 6) is -0.438. The summed E-state index contributed by atoms with van der Waals surface area (Å²) in [7, 11) is 1.95. The van der Waals surface area contributed by atoms with Crippen molar-refractivity contribution in [1.82, 2.24) is 9.80 Å². The zero-order valence-electron chi connectivity index (χ0n) is 13.0. The van der Waals surface area contributed by atoms with Crippen molar-refractivity contribution in [3.8, 4) is 6.07 Å². The third-order valence-corrected chi connectivity index (χ3v) is 4.56. The Labute approximate surface area is 137 Å². The molecule has 1 amide bonds. The number of likely N-dealkylation sites (N-methyl/N-ethyl adjacent to an activating group) is 1. The number of carbonyl (C=O) groups excluding carboxylic acids is 1. The number of nitrogens with zero attached hydrogens (tertiary/aromatic N) is 3. The molecule has 0 N–H and O–H groups in total. The van der Waals surface area contributed by atoms with Crippen LogP contribution in [0.1, 0.15) is 21.5 Å². The van der Waals surface area contributed by atoms with Crippen molar-refractivity contribution in [3.05, 3.63) is 34.9 Å². The van der Waals surface area contributed by atoms with Crippen molar-refractivity contribution in [2.75, 3.05) is 33.3 Å². The van der Waals surface area contributed by atoms with E-state index in [9.17, 15) is 18.0 Å². The normalized spacial score (nSPS) is 24.5. The molecule has 2 atom stereocenters. The molecule has 3 rings (SSSR count). The number of fused-ring (bicyclic) bond motifs is 1. The molecule has 5 nitrogen and oxygen atoms in total. The van der Waals surface area contributed by atoms with Crippen LogP contribution in [0, 0.1) is 11.3 Å². The molecule has 24 heavy (non-hydrogen) atoms. The number of hydrogen-bond donors (Lipinski definition) is 0. The van der Waals surface area contributed by atoms with Gasteiger partial charge in [0, 0.05) is 19.6 Å². The molecule has 0 bridgehead atoms. The van der Waals surface area contributed by atoms with Gasteiger partial charge in [-0.3, -0.25) is 9.69 Å². The predicted molar refractivity (Wildman–Crippen MR) is 78.2 cm³/mol. The summed E-state index contributed by atoms with van der Waals surface area (Å²) >= 11 is 0. The smallest absolute Gasteiger partial charge is 0.373 e. The maximum absolute atomic E-state index is 12.8. The van der Waals surface area contributed by atoms with Crippen molar-refractivity contribution in [3.63, 3.8) is 0 Å². The minimum Gasteiger partial charge on any atom is -0.373 e. The van der Waals surface area contributed by atoms with Crippen LogP contribution in [0.15, 0.2) is 18.2 Å². The molecule has 1 aromatic carbocycles. The fourth-order valence-electron chi connectivity index (χ4n) is 3.19. The van der Waals surface area contributed by atoms with Gasteiger partial charge in [0.2, 0.25) is 0 Å². The molecule has 0 spiro atoms. The Morgan fingerprint density at radius 3 is 2.75 bits per heavy atom. The molecule has 2 saturated heterocycles. The van der Waals surface area contributed by atoms with Crippen LogP contribution in [0.3, 0.4) is 0 Å². The molecule has 2 heterocycles. The van der Waals surface area contributed by atoms with E-state index in [1.54, 1.807) is 11.0 Å². The van der Waals surface area contributed by atoms with Gasteiger partial charge in [0.15, 0.2) is 0 Å². The van der Waals surface area contributed by atoms with Gasteiger partial charge in [-0.2, -0.15) is 18.4 Å². The lowest BCUT2D eigenvalue weighted by molar-refractivity contribution is -0.137. The third kappa shape index (κ3) is 2.97. The summed E-state index contributed by atoms with van der Waals surface area (Å²) in [6.45, 7) is 2.17. The minimum atomic E-state index is -4.55. The molecule has 2 aliphatic heterocycles. The standard InChI is InChI=1S/C16H16F3N3O2/c1-21-4-5-24-14-9-22(8-13(14)21)15(23)12-3-2-11(16(17,18)19)6-10(12)7-20/h2-3,6,13-14H,4-5,8-9H2,1H3/t13-,14+/m0/s1. The van der Waals surface area contributed by atoms with Crippen LogP contribution in [0.5, 0.6) is 0 Å². The summed E-state index contributed by atoms with van der Waals surface area (Å²) < 4.78 is 43.9. The molecule has 0 radical (unpaired) electrons. The highest BCUT2D eigenvalue weighted by Crippen LogP contribution is 2.31. The SMILES string of the molecule is CN1CCO[C@@H]2CN(C(=O)c3ccc(C(F)(F)F)cc3C#N)C[C@@H]21. The summed E-state index contributed by atoms with van der Waals surface area (Å²) in [5, 5.41) is 9.13. The first-order valence-electron chi connectivity index (χ1n) is 7.53. The topological polar surface area (TPSA) is 56.6 Å². The van der Waals surface area contributed by atoms with Gasteiger partial charge in [-0.05, 0) is 25.2 Å². The molecule has 0 aliphatic carbocycles. The lowest BCUT2D eigenvalue weighted by Gasteiger charge is -2.33. The van der Waals surface area contributed by atoms with E-state index in [1.165, 1.54) is 0 Å². The average molecular weight is 339 g/mol. The van der Waals surface area contributed by atoms with Crippen molar-refractivity contribution >= 4 is 5.91 Å². The first kappa shape index (κ1) is 16.7. The van der Waals surface area contributed by atoms with E-state index in [1.807, 2.05) is 7.05 Å². The lowest BCUT2D eigenvalue weighted by Crippen LogP contribution is -2.48. The minimum absolute atomic E-state index is 0.00759. The van der Waals surface area contributed by atoms with Crippen LogP contribution in [0.25, 0.3) is 0 Å². The van der Waals surface area contributed by atoms with E-state index >= 15 is 0 Å². The number of ether oxygens (including phenoxy) is 1. The van der Waals surface area contributed by atoms with Crippen molar-refractivity contribution in [2.45, 2.75) is 18.3 Å². The average Bonchev–Trinajstić information content (AvgIpc) is 2.98. The second-order valence-corrected chi connectivity index (χ2v) is 6.04. The van der Waals surface area contributed by atoms with Crippen LogP contribution in [-0.2, 0) is 10.9 Å². The van der Waals surface area contributed by atoms with Crippen LogP contribution in [0.2, 0.25) is 0 Å². The Kier molecular flexibility index (Phi) is 4.24. The van der Waals surface area contributed by atoms with Gasteiger partial charge >= 0.3 is 6.18 Å². The van der Waals surface area contributed by atoms with E-state index in [0.29, 0.717) is 19.7 Å². The Balaban J connectivity index is 1.84.